The second-order valence-electron chi connectivity index (χ2n) is 6.81. The number of nitrogens with zero attached hydrogens (tertiary/aromatic N) is 1. The van der Waals surface area contributed by atoms with Crippen LogP contribution in [-0.2, 0) is 17.8 Å². The third kappa shape index (κ3) is 3.76. The van der Waals surface area contributed by atoms with Gasteiger partial charge < -0.3 is 15.1 Å². The van der Waals surface area contributed by atoms with E-state index in [0.717, 1.165) is 54.2 Å². The highest BCUT2D eigenvalue weighted by atomic mass is 16.4. The van der Waals surface area contributed by atoms with Crippen molar-refractivity contribution in [3.63, 3.8) is 0 Å². The molecule has 0 spiro atoms. The van der Waals surface area contributed by atoms with E-state index in [1.165, 1.54) is 0 Å². The molecule has 1 aromatic carbocycles. The molecule has 144 valence electrons. The van der Waals surface area contributed by atoms with E-state index < -0.39 is 6.04 Å². The maximum absolute atomic E-state index is 12.8. The molecule has 27 heavy (non-hydrogen) atoms. The van der Waals surface area contributed by atoms with Crippen molar-refractivity contribution in [2.45, 2.75) is 46.7 Å². The van der Waals surface area contributed by atoms with Gasteiger partial charge in [0, 0.05) is 29.8 Å². The normalized spacial score (nSPS) is 15.7. The zero-order valence-corrected chi connectivity index (χ0v) is 16.4. The molecule has 2 amide bonds. The maximum Gasteiger partial charge on any atom is 0.287 e. The first-order valence-corrected chi connectivity index (χ1v) is 9.53. The lowest BCUT2D eigenvalue weighted by Gasteiger charge is -2.17. The van der Waals surface area contributed by atoms with Crippen molar-refractivity contribution in [3.05, 3.63) is 52.5 Å². The number of hydrogen-bond acceptors (Lipinski definition) is 4. The summed E-state index contributed by atoms with van der Waals surface area (Å²) in [5.74, 6) is 0.480. The lowest BCUT2D eigenvalue weighted by atomic mass is 10.0. The molecule has 2 aromatic rings. The van der Waals surface area contributed by atoms with Crippen LogP contribution in [0.25, 0.3) is 0 Å². The van der Waals surface area contributed by atoms with Crippen LogP contribution in [0.4, 0.5) is 5.69 Å². The molecular weight excluding hydrogens is 342 g/mol. The van der Waals surface area contributed by atoms with Gasteiger partial charge in [0.05, 0.1) is 0 Å². The first kappa shape index (κ1) is 19.2. The standard InChI is InChI=1S/C21H27N3O3/c1-5-16-14(12-24(6-2)7-3)11-17(27-16)20(25)23-19-18-13(4)9-8-10-15(18)22-21(19)26/h8-11,19H,5-7,12H2,1-4H3,(H,22,26)(H,23,25). The Hall–Kier alpha value is -2.60. The molecule has 2 heterocycles. The van der Waals surface area contributed by atoms with E-state index in [1.807, 2.05) is 32.0 Å². The number of aryl methyl sites for hydroxylation is 2. The van der Waals surface area contributed by atoms with E-state index in [0.29, 0.717) is 0 Å². The number of anilines is 1. The number of carbonyl (C=O) groups is 2. The van der Waals surface area contributed by atoms with Crippen molar-refractivity contribution < 1.29 is 14.0 Å². The number of benzene rings is 1. The third-order valence-electron chi connectivity index (χ3n) is 5.14. The molecule has 0 aliphatic carbocycles. The van der Waals surface area contributed by atoms with Crippen molar-refractivity contribution >= 4 is 17.5 Å². The minimum Gasteiger partial charge on any atom is -0.456 e. The Bertz CT molecular complexity index is 852. The summed E-state index contributed by atoms with van der Waals surface area (Å²) >= 11 is 0. The van der Waals surface area contributed by atoms with Crippen LogP contribution in [0.3, 0.4) is 0 Å². The Morgan fingerprint density at radius 3 is 2.67 bits per heavy atom. The fourth-order valence-electron chi connectivity index (χ4n) is 3.55. The summed E-state index contributed by atoms with van der Waals surface area (Å²) in [7, 11) is 0. The summed E-state index contributed by atoms with van der Waals surface area (Å²) in [6.45, 7) is 10.8. The number of amides is 2. The minimum atomic E-state index is -0.699. The van der Waals surface area contributed by atoms with Crippen LogP contribution in [0.1, 0.15) is 59.8 Å². The van der Waals surface area contributed by atoms with E-state index in [-0.39, 0.29) is 17.6 Å². The smallest absolute Gasteiger partial charge is 0.287 e. The van der Waals surface area contributed by atoms with Crippen molar-refractivity contribution in [2.24, 2.45) is 0 Å². The zero-order chi connectivity index (χ0) is 19.6. The van der Waals surface area contributed by atoms with E-state index in [1.54, 1.807) is 6.07 Å². The van der Waals surface area contributed by atoms with Crippen LogP contribution in [0.2, 0.25) is 0 Å². The van der Waals surface area contributed by atoms with Crippen molar-refractivity contribution in [3.8, 4) is 0 Å². The van der Waals surface area contributed by atoms with Crippen LogP contribution >= 0.6 is 0 Å². The van der Waals surface area contributed by atoms with Crippen LogP contribution in [0, 0.1) is 6.92 Å². The molecule has 6 heteroatoms. The number of hydrogen-bond donors (Lipinski definition) is 2. The zero-order valence-electron chi connectivity index (χ0n) is 16.4. The minimum absolute atomic E-state index is 0.224. The highest BCUT2D eigenvalue weighted by Crippen LogP contribution is 2.33. The molecule has 0 saturated heterocycles. The van der Waals surface area contributed by atoms with E-state index in [4.69, 9.17) is 4.42 Å². The van der Waals surface area contributed by atoms with Crippen LogP contribution in [0.15, 0.2) is 28.7 Å². The third-order valence-corrected chi connectivity index (χ3v) is 5.14. The lowest BCUT2D eigenvalue weighted by Crippen LogP contribution is -2.33. The van der Waals surface area contributed by atoms with Crippen molar-refractivity contribution in [1.29, 1.82) is 0 Å². The first-order chi connectivity index (χ1) is 13.0. The SMILES string of the molecule is CCc1oc(C(=O)NC2C(=O)Nc3cccc(C)c32)cc1CN(CC)CC. The first-order valence-electron chi connectivity index (χ1n) is 9.53. The number of furan rings is 1. The van der Waals surface area contributed by atoms with Crippen LogP contribution < -0.4 is 10.6 Å². The Morgan fingerprint density at radius 1 is 1.26 bits per heavy atom. The molecule has 1 atom stereocenters. The lowest BCUT2D eigenvalue weighted by molar-refractivity contribution is -0.117. The molecule has 0 radical (unpaired) electrons. The highest BCUT2D eigenvalue weighted by Gasteiger charge is 2.34. The average molecular weight is 369 g/mol. The second kappa shape index (κ2) is 7.96. The van der Waals surface area contributed by atoms with Gasteiger partial charge in [-0.05, 0) is 37.7 Å². The topological polar surface area (TPSA) is 74.6 Å². The predicted octanol–water partition coefficient (Wildman–Crippen LogP) is 3.42. The van der Waals surface area contributed by atoms with Gasteiger partial charge in [0.15, 0.2) is 5.76 Å². The molecule has 6 nitrogen and oxygen atoms in total. The second-order valence-corrected chi connectivity index (χ2v) is 6.81. The van der Waals surface area contributed by atoms with Gasteiger partial charge in [-0.25, -0.2) is 0 Å². The fraction of sp³-hybridized carbons (Fsp3) is 0.429. The summed E-state index contributed by atoms with van der Waals surface area (Å²) in [5, 5.41) is 5.65. The van der Waals surface area contributed by atoms with Gasteiger partial charge in [0.25, 0.3) is 11.8 Å². The average Bonchev–Trinajstić information content (AvgIpc) is 3.21. The molecule has 0 fully saturated rings. The summed E-state index contributed by atoms with van der Waals surface area (Å²) in [6.07, 6.45) is 0.718. The molecule has 3 rings (SSSR count). The fourth-order valence-corrected chi connectivity index (χ4v) is 3.55. The summed E-state index contributed by atoms with van der Waals surface area (Å²) in [4.78, 5) is 27.4. The van der Waals surface area contributed by atoms with E-state index >= 15 is 0 Å². The Kier molecular flexibility index (Phi) is 5.65. The highest BCUT2D eigenvalue weighted by molar-refractivity contribution is 6.06. The molecule has 0 bridgehead atoms. The van der Waals surface area contributed by atoms with Gasteiger partial charge in [0.1, 0.15) is 11.8 Å². The summed E-state index contributed by atoms with van der Waals surface area (Å²) < 4.78 is 5.81. The van der Waals surface area contributed by atoms with Crippen LogP contribution in [0.5, 0.6) is 0 Å². The largest absolute Gasteiger partial charge is 0.456 e. The molecule has 1 unspecified atom stereocenters. The Labute approximate surface area is 159 Å². The van der Waals surface area contributed by atoms with Gasteiger partial charge in [-0.15, -0.1) is 0 Å². The van der Waals surface area contributed by atoms with E-state index in [2.05, 4.69) is 29.4 Å². The molecule has 2 N–H and O–H groups in total. The Morgan fingerprint density at radius 2 is 2.00 bits per heavy atom. The number of nitrogens with one attached hydrogen (secondary N) is 2. The van der Waals surface area contributed by atoms with Gasteiger partial charge in [-0.1, -0.05) is 32.9 Å². The van der Waals surface area contributed by atoms with Crippen molar-refractivity contribution in [2.75, 3.05) is 18.4 Å². The van der Waals surface area contributed by atoms with Gasteiger partial charge in [-0.3, -0.25) is 14.5 Å². The van der Waals surface area contributed by atoms with Crippen molar-refractivity contribution in [1.82, 2.24) is 10.2 Å². The quantitative estimate of drug-likeness (QED) is 0.784. The summed E-state index contributed by atoms with van der Waals surface area (Å²) in [6, 6.07) is 6.77. The Balaban J connectivity index is 1.81. The molecular formula is C21H27N3O3. The summed E-state index contributed by atoms with van der Waals surface area (Å²) in [5.41, 5.74) is 3.56. The monoisotopic (exact) mass is 369 g/mol. The number of fused-ring (bicyclic) bond motifs is 1. The molecule has 1 aromatic heterocycles. The molecule has 1 aliphatic rings. The van der Waals surface area contributed by atoms with Gasteiger partial charge in [-0.2, -0.15) is 0 Å². The van der Waals surface area contributed by atoms with Gasteiger partial charge in [0.2, 0.25) is 0 Å². The molecule has 0 saturated carbocycles. The van der Waals surface area contributed by atoms with Crippen LogP contribution in [-0.4, -0.2) is 29.8 Å². The molecule has 1 aliphatic heterocycles. The number of rotatable bonds is 7. The van der Waals surface area contributed by atoms with E-state index in [9.17, 15) is 9.59 Å². The van der Waals surface area contributed by atoms with Gasteiger partial charge >= 0.3 is 0 Å². The predicted molar refractivity (Wildman–Crippen MR) is 105 cm³/mol. The number of carbonyl (C=O) groups excluding carboxylic acids is 2. The maximum atomic E-state index is 12.8.